The molecule has 1 heterocycles. The molecule has 0 aromatic carbocycles. The third kappa shape index (κ3) is 1.62. The fourth-order valence-electron chi connectivity index (χ4n) is 0.928. The number of imide groups is 1. The highest BCUT2D eigenvalue weighted by atomic mass is 32.2. The lowest BCUT2D eigenvalue weighted by atomic mass is 10.1. The summed E-state index contributed by atoms with van der Waals surface area (Å²) in [7, 11) is 0. The summed E-state index contributed by atoms with van der Waals surface area (Å²) in [6.45, 7) is 1.39. The molecule has 2 atom stereocenters. The van der Waals surface area contributed by atoms with Gasteiger partial charge < -0.3 is 9.87 Å². The Bertz CT molecular complexity index is 266. The van der Waals surface area contributed by atoms with E-state index in [0.717, 1.165) is 0 Å². The van der Waals surface area contributed by atoms with Crippen LogP contribution in [-0.2, 0) is 15.9 Å². The Kier molecular flexibility index (Phi) is 2.16. The second-order valence-corrected chi connectivity index (χ2v) is 3.64. The molecule has 12 heavy (non-hydrogen) atoms. The predicted molar refractivity (Wildman–Crippen MR) is 40.7 cm³/mol. The van der Waals surface area contributed by atoms with Crippen LogP contribution in [0.5, 0.6) is 0 Å². The van der Waals surface area contributed by atoms with Gasteiger partial charge in [-0.2, -0.15) is 0 Å². The first-order chi connectivity index (χ1) is 5.44. The maximum absolute atomic E-state index is 11.0. The van der Waals surface area contributed by atoms with Crippen molar-refractivity contribution in [1.29, 1.82) is 0 Å². The Morgan fingerprint density at radius 3 is 2.50 bits per heavy atom. The van der Waals surface area contributed by atoms with Gasteiger partial charge in [0, 0.05) is 0 Å². The lowest BCUT2D eigenvalue weighted by Crippen LogP contribution is -2.48. The van der Waals surface area contributed by atoms with Crippen LogP contribution < -0.4 is 10.6 Å². The highest BCUT2D eigenvalue weighted by molar-refractivity contribution is 7.79. The van der Waals surface area contributed by atoms with Gasteiger partial charge in [0.15, 0.2) is 11.1 Å². The molecule has 3 N–H and O–H groups in total. The van der Waals surface area contributed by atoms with Gasteiger partial charge in [0.05, 0.1) is 5.75 Å². The first-order valence-electron chi connectivity index (χ1n) is 3.15. The fraction of sp³-hybridized carbons (Fsp3) is 0.600. The van der Waals surface area contributed by atoms with Gasteiger partial charge in [0.2, 0.25) is 0 Å². The molecule has 7 heteroatoms. The Hall–Kier alpha value is -0.950. The normalized spacial score (nSPS) is 31.2. The first kappa shape index (κ1) is 9.14. The number of rotatable bonds is 2. The van der Waals surface area contributed by atoms with Crippen LogP contribution in [-0.4, -0.2) is 32.0 Å². The van der Waals surface area contributed by atoms with Gasteiger partial charge in [-0.25, -0.2) is 9.00 Å². The smallest absolute Gasteiger partial charge is 0.322 e. The molecule has 1 aliphatic rings. The van der Waals surface area contributed by atoms with E-state index in [4.69, 9.17) is 4.55 Å². The van der Waals surface area contributed by atoms with Gasteiger partial charge in [-0.05, 0) is 6.92 Å². The number of urea groups is 1. The highest BCUT2D eigenvalue weighted by Crippen LogP contribution is 2.10. The number of hydrogen-bond acceptors (Lipinski definition) is 3. The van der Waals surface area contributed by atoms with Crippen molar-refractivity contribution in [3.05, 3.63) is 0 Å². The summed E-state index contributed by atoms with van der Waals surface area (Å²) in [5, 5.41) is 4.24. The van der Waals surface area contributed by atoms with E-state index in [1.54, 1.807) is 0 Å². The average Bonchev–Trinajstić information content (AvgIpc) is 2.04. The lowest BCUT2D eigenvalue weighted by Gasteiger charge is -2.17. The minimum atomic E-state index is -2.11. The molecule has 68 valence electrons. The second-order valence-electron chi connectivity index (χ2n) is 2.71. The SMILES string of the molecule is C[C@@]1(CS(=O)O)NC(=O)NC1=O. The van der Waals surface area contributed by atoms with Crippen LogP contribution in [0.1, 0.15) is 6.92 Å². The van der Waals surface area contributed by atoms with E-state index in [-0.39, 0.29) is 5.75 Å². The molecule has 1 unspecified atom stereocenters. The molecule has 0 aliphatic carbocycles. The van der Waals surface area contributed by atoms with E-state index < -0.39 is 28.6 Å². The van der Waals surface area contributed by atoms with Crippen LogP contribution in [0.2, 0.25) is 0 Å². The van der Waals surface area contributed by atoms with E-state index in [1.165, 1.54) is 6.92 Å². The molecule has 1 fully saturated rings. The second kappa shape index (κ2) is 2.83. The van der Waals surface area contributed by atoms with E-state index in [1.807, 2.05) is 5.32 Å². The number of amides is 3. The van der Waals surface area contributed by atoms with Crippen molar-refractivity contribution >= 4 is 23.0 Å². The van der Waals surface area contributed by atoms with Crippen molar-refractivity contribution in [2.24, 2.45) is 0 Å². The molecule has 1 rings (SSSR count). The Labute approximate surface area is 71.0 Å². The fourth-order valence-corrected chi connectivity index (χ4v) is 1.63. The summed E-state index contributed by atoms with van der Waals surface area (Å²) < 4.78 is 18.9. The number of hydrogen-bond donors (Lipinski definition) is 3. The quantitative estimate of drug-likeness (QED) is 0.378. The largest absolute Gasteiger partial charge is 0.323 e. The number of carbonyl (C=O) groups excluding carboxylic acids is 2. The minimum Gasteiger partial charge on any atom is -0.323 e. The third-order valence-corrected chi connectivity index (χ3v) is 2.35. The molecule has 0 spiro atoms. The zero-order chi connectivity index (χ0) is 9.35. The topological polar surface area (TPSA) is 95.5 Å². The van der Waals surface area contributed by atoms with Gasteiger partial charge in [0.25, 0.3) is 5.91 Å². The summed E-state index contributed by atoms with van der Waals surface area (Å²) in [4.78, 5) is 21.6. The van der Waals surface area contributed by atoms with Crippen molar-refractivity contribution in [1.82, 2.24) is 10.6 Å². The Morgan fingerprint density at radius 1 is 1.58 bits per heavy atom. The molecule has 1 saturated heterocycles. The van der Waals surface area contributed by atoms with Gasteiger partial charge in [0.1, 0.15) is 5.54 Å². The summed E-state index contributed by atoms with van der Waals surface area (Å²) in [5.41, 5.74) is -1.25. The average molecular weight is 192 g/mol. The van der Waals surface area contributed by atoms with Crippen LogP contribution in [0.15, 0.2) is 0 Å². The number of nitrogens with one attached hydrogen (secondary N) is 2. The summed E-state index contributed by atoms with van der Waals surface area (Å²) in [5.74, 6) is -0.875. The Balaban J connectivity index is 2.77. The summed E-state index contributed by atoms with van der Waals surface area (Å²) in [6, 6.07) is -0.632. The first-order valence-corrected chi connectivity index (χ1v) is 4.43. The van der Waals surface area contributed by atoms with Crippen molar-refractivity contribution in [3.8, 4) is 0 Å². The summed E-state index contributed by atoms with van der Waals surface area (Å²) in [6.07, 6.45) is 0. The van der Waals surface area contributed by atoms with E-state index in [0.29, 0.717) is 0 Å². The molecule has 0 saturated carbocycles. The maximum Gasteiger partial charge on any atom is 0.322 e. The molecule has 0 bridgehead atoms. The summed E-state index contributed by atoms with van der Waals surface area (Å²) >= 11 is -2.11. The van der Waals surface area contributed by atoms with E-state index in [2.05, 4.69) is 5.32 Å². The van der Waals surface area contributed by atoms with Crippen molar-refractivity contribution in [2.45, 2.75) is 12.5 Å². The standard InChI is InChI=1S/C5H8N2O4S/c1-5(2-12(10)11)3(8)6-4(9)7-5/h2H2,1H3,(H,10,11)(H2,6,7,8,9)/t5-/m0/s1. The maximum atomic E-state index is 11.0. The molecule has 0 aromatic heterocycles. The van der Waals surface area contributed by atoms with Gasteiger partial charge in [-0.3, -0.25) is 10.1 Å². The van der Waals surface area contributed by atoms with Crippen LogP contribution in [0.3, 0.4) is 0 Å². The van der Waals surface area contributed by atoms with Crippen LogP contribution in [0, 0.1) is 0 Å². The zero-order valence-electron chi connectivity index (χ0n) is 6.29. The van der Waals surface area contributed by atoms with Crippen LogP contribution in [0.25, 0.3) is 0 Å². The van der Waals surface area contributed by atoms with Crippen molar-refractivity contribution in [3.63, 3.8) is 0 Å². The molecule has 6 nitrogen and oxygen atoms in total. The van der Waals surface area contributed by atoms with Gasteiger partial charge in [-0.15, -0.1) is 0 Å². The molecular formula is C5H8N2O4S. The predicted octanol–water partition coefficient (Wildman–Crippen LogP) is -1.19. The van der Waals surface area contributed by atoms with E-state index >= 15 is 0 Å². The van der Waals surface area contributed by atoms with Crippen molar-refractivity contribution in [2.75, 3.05) is 5.75 Å². The molecule has 0 radical (unpaired) electrons. The third-order valence-electron chi connectivity index (χ3n) is 1.53. The Morgan fingerprint density at radius 2 is 2.17 bits per heavy atom. The lowest BCUT2D eigenvalue weighted by molar-refractivity contribution is -0.122. The van der Waals surface area contributed by atoms with Crippen molar-refractivity contribution < 1.29 is 18.4 Å². The van der Waals surface area contributed by atoms with Gasteiger partial charge >= 0.3 is 6.03 Å². The number of carbonyl (C=O) groups is 2. The molecule has 3 amide bonds. The van der Waals surface area contributed by atoms with Crippen LogP contribution >= 0.6 is 0 Å². The zero-order valence-corrected chi connectivity index (χ0v) is 7.10. The molecule has 0 aromatic rings. The highest BCUT2D eigenvalue weighted by Gasteiger charge is 2.43. The molecule has 1 aliphatic heterocycles. The van der Waals surface area contributed by atoms with Crippen LogP contribution in [0.4, 0.5) is 4.79 Å². The van der Waals surface area contributed by atoms with Gasteiger partial charge in [-0.1, -0.05) is 0 Å². The van der Waals surface area contributed by atoms with E-state index in [9.17, 15) is 13.8 Å². The molecular weight excluding hydrogens is 184 g/mol. The minimum absolute atomic E-state index is 0.301. The monoisotopic (exact) mass is 192 g/mol.